The molecule has 0 saturated carbocycles. The number of nitrogens with zero attached hydrogens (tertiary/aromatic N) is 2. The van der Waals surface area contributed by atoms with Crippen LogP contribution >= 0.6 is 0 Å². The highest BCUT2D eigenvalue weighted by molar-refractivity contribution is 6.16. The van der Waals surface area contributed by atoms with Gasteiger partial charge in [-0.05, 0) is 24.1 Å². The van der Waals surface area contributed by atoms with Crippen molar-refractivity contribution >= 4 is 17.2 Å². The highest BCUT2D eigenvalue weighted by Crippen LogP contribution is 2.25. The predicted octanol–water partition coefficient (Wildman–Crippen LogP) is 2.96. The maximum atomic E-state index is 11.7. The lowest BCUT2D eigenvalue weighted by Gasteiger charge is -2.28. The zero-order chi connectivity index (χ0) is 19.9. The standard InChI is InChI=1S/C21H24N2O5/c1-15(26-2)20(21(24)25)18-6-4-3-5-16(18)14-28-19-8-7-17(13-22-19)23-9-11-27-12-10-23/h3-8,13H,9-12,14H2,1-2H3,(H,24,25). The lowest BCUT2D eigenvalue weighted by atomic mass is 9.99. The third-order valence-corrected chi connectivity index (χ3v) is 4.63. The smallest absolute Gasteiger partial charge is 0.339 e. The molecule has 7 heteroatoms. The van der Waals surface area contributed by atoms with E-state index in [9.17, 15) is 9.90 Å². The van der Waals surface area contributed by atoms with Crippen LogP contribution in [0.3, 0.4) is 0 Å². The van der Waals surface area contributed by atoms with Crippen molar-refractivity contribution < 1.29 is 24.1 Å². The van der Waals surface area contributed by atoms with E-state index in [1.807, 2.05) is 24.3 Å². The minimum atomic E-state index is -1.04. The molecule has 1 aromatic heterocycles. The number of ether oxygens (including phenoxy) is 3. The van der Waals surface area contributed by atoms with Crippen LogP contribution in [0.1, 0.15) is 18.1 Å². The molecular weight excluding hydrogens is 360 g/mol. The minimum Gasteiger partial charge on any atom is -0.500 e. The lowest BCUT2D eigenvalue weighted by molar-refractivity contribution is -0.130. The molecule has 1 aromatic carbocycles. The summed E-state index contributed by atoms with van der Waals surface area (Å²) in [6, 6.07) is 11.0. The molecule has 0 aliphatic carbocycles. The number of aromatic nitrogens is 1. The van der Waals surface area contributed by atoms with Crippen molar-refractivity contribution in [3.63, 3.8) is 0 Å². The number of methoxy groups -OCH3 is 1. The maximum absolute atomic E-state index is 11.7. The second-order valence-electron chi connectivity index (χ2n) is 6.34. The number of allylic oxidation sites excluding steroid dienone is 1. The molecule has 0 amide bonds. The number of carbonyl (C=O) groups is 1. The molecule has 1 N–H and O–H groups in total. The lowest BCUT2D eigenvalue weighted by Crippen LogP contribution is -2.36. The summed E-state index contributed by atoms with van der Waals surface area (Å²) in [6.07, 6.45) is 1.78. The van der Waals surface area contributed by atoms with E-state index in [1.54, 1.807) is 25.3 Å². The third kappa shape index (κ3) is 4.61. The SMILES string of the molecule is COC(C)=C(C(=O)O)c1ccccc1COc1ccc(N2CCOCC2)cn1. The number of hydrogen-bond donors (Lipinski definition) is 1. The molecule has 1 aliphatic heterocycles. The first-order valence-corrected chi connectivity index (χ1v) is 9.08. The summed E-state index contributed by atoms with van der Waals surface area (Å²) in [5.41, 5.74) is 2.47. The van der Waals surface area contributed by atoms with E-state index in [2.05, 4.69) is 9.88 Å². The summed E-state index contributed by atoms with van der Waals surface area (Å²) < 4.78 is 16.3. The fraction of sp³-hybridized carbons (Fsp3) is 0.333. The van der Waals surface area contributed by atoms with Gasteiger partial charge in [0.2, 0.25) is 5.88 Å². The molecule has 3 rings (SSSR count). The summed E-state index contributed by atoms with van der Waals surface area (Å²) in [6.45, 7) is 4.96. The van der Waals surface area contributed by atoms with E-state index in [1.165, 1.54) is 7.11 Å². The van der Waals surface area contributed by atoms with Crippen LogP contribution in [0.25, 0.3) is 5.57 Å². The van der Waals surface area contributed by atoms with Crippen LogP contribution in [-0.4, -0.2) is 49.5 Å². The first-order chi connectivity index (χ1) is 13.6. The number of pyridine rings is 1. The Balaban J connectivity index is 1.74. The van der Waals surface area contributed by atoms with Crippen molar-refractivity contribution in [2.75, 3.05) is 38.3 Å². The normalized spacial score (nSPS) is 15.0. The van der Waals surface area contributed by atoms with Crippen molar-refractivity contribution in [2.24, 2.45) is 0 Å². The fourth-order valence-corrected chi connectivity index (χ4v) is 3.07. The van der Waals surface area contributed by atoms with Crippen LogP contribution in [0.5, 0.6) is 5.88 Å². The van der Waals surface area contributed by atoms with Gasteiger partial charge < -0.3 is 24.2 Å². The molecule has 2 aromatic rings. The number of carboxylic acid groups (broad SMARTS) is 1. The molecule has 148 valence electrons. The van der Waals surface area contributed by atoms with Gasteiger partial charge in [-0.3, -0.25) is 0 Å². The quantitative estimate of drug-likeness (QED) is 0.581. The molecule has 0 bridgehead atoms. The second-order valence-corrected chi connectivity index (χ2v) is 6.34. The molecule has 7 nitrogen and oxygen atoms in total. The summed E-state index contributed by atoms with van der Waals surface area (Å²) in [4.78, 5) is 18.3. The van der Waals surface area contributed by atoms with Crippen LogP contribution in [0.15, 0.2) is 48.4 Å². The van der Waals surface area contributed by atoms with Crippen molar-refractivity contribution in [3.05, 3.63) is 59.5 Å². The van der Waals surface area contributed by atoms with Crippen molar-refractivity contribution in [2.45, 2.75) is 13.5 Å². The van der Waals surface area contributed by atoms with Crippen LogP contribution in [0, 0.1) is 0 Å². The van der Waals surface area contributed by atoms with Gasteiger partial charge in [0.05, 0.1) is 32.2 Å². The Morgan fingerprint density at radius 1 is 1.21 bits per heavy atom. The monoisotopic (exact) mass is 384 g/mol. The number of carboxylic acids is 1. The second kappa shape index (κ2) is 9.23. The van der Waals surface area contributed by atoms with Crippen LogP contribution < -0.4 is 9.64 Å². The highest BCUT2D eigenvalue weighted by atomic mass is 16.5. The molecule has 1 fully saturated rings. The zero-order valence-electron chi connectivity index (χ0n) is 16.1. The highest BCUT2D eigenvalue weighted by Gasteiger charge is 2.19. The van der Waals surface area contributed by atoms with E-state index in [4.69, 9.17) is 14.2 Å². The first-order valence-electron chi connectivity index (χ1n) is 9.08. The first kappa shape index (κ1) is 19.7. The topological polar surface area (TPSA) is 81.1 Å². The molecule has 0 unspecified atom stereocenters. The summed E-state index contributed by atoms with van der Waals surface area (Å²) in [5.74, 6) is -0.219. The largest absolute Gasteiger partial charge is 0.500 e. The van der Waals surface area contributed by atoms with Crippen molar-refractivity contribution in [1.82, 2.24) is 4.98 Å². The number of morpholine rings is 1. The van der Waals surface area contributed by atoms with E-state index in [0.717, 1.165) is 37.6 Å². The average molecular weight is 384 g/mol. The Labute approximate surface area is 164 Å². The van der Waals surface area contributed by atoms with Crippen LogP contribution in [-0.2, 0) is 20.9 Å². The Hall–Kier alpha value is -3.06. The Bertz CT molecular complexity index is 842. The van der Waals surface area contributed by atoms with E-state index < -0.39 is 5.97 Å². The van der Waals surface area contributed by atoms with E-state index >= 15 is 0 Å². The summed E-state index contributed by atoms with van der Waals surface area (Å²) in [5, 5.41) is 9.59. The predicted molar refractivity (Wildman–Crippen MR) is 105 cm³/mol. The maximum Gasteiger partial charge on any atom is 0.339 e. The molecule has 0 radical (unpaired) electrons. The van der Waals surface area contributed by atoms with Gasteiger partial charge in [0, 0.05) is 19.2 Å². The van der Waals surface area contributed by atoms with Crippen molar-refractivity contribution in [1.29, 1.82) is 0 Å². The van der Waals surface area contributed by atoms with Gasteiger partial charge in [-0.2, -0.15) is 0 Å². The number of benzene rings is 1. The Morgan fingerprint density at radius 2 is 1.96 bits per heavy atom. The molecular formula is C21H24N2O5. The Morgan fingerprint density at radius 3 is 2.61 bits per heavy atom. The van der Waals surface area contributed by atoms with Gasteiger partial charge in [-0.25, -0.2) is 9.78 Å². The summed E-state index contributed by atoms with van der Waals surface area (Å²) >= 11 is 0. The average Bonchev–Trinajstić information content (AvgIpc) is 2.74. The van der Waals surface area contributed by atoms with Gasteiger partial charge >= 0.3 is 5.97 Å². The molecule has 0 spiro atoms. The van der Waals surface area contributed by atoms with Gasteiger partial charge in [0.25, 0.3) is 0 Å². The van der Waals surface area contributed by atoms with Crippen LogP contribution in [0.2, 0.25) is 0 Å². The Kier molecular flexibility index (Phi) is 6.49. The number of aliphatic carboxylic acids is 1. The van der Waals surface area contributed by atoms with Crippen LogP contribution in [0.4, 0.5) is 5.69 Å². The molecule has 0 atom stereocenters. The fourth-order valence-electron chi connectivity index (χ4n) is 3.07. The van der Waals surface area contributed by atoms with Crippen molar-refractivity contribution in [3.8, 4) is 5.88 Å². The van der Waals surface area contributed by atoms with Gasteiger partial charge in [0.1, 0.15) is 17.9 Å². The summed E-state index contributed by atoms with van der Waals surface area (Å²) in [7, 11) is 1.46. The number of rotatable bonds is 7. The molecule has 1 saturated heterocycles. The minimum absolute atomic E-state index is 0.123. The van der Waals surface area contributed by atoms with Gasteiger partial charge in [-0.1, -0.05) is 24.3 Å². The molecule has 1 aliphatic rings. The van der Waals surface area contributed by atoms with E-state index in [-0.39, 0.29) is 12.2 Å². The zero-order valence-corrected chi connectivity index (χ0v) is 16.1. The van der Waals surface area contributed by atoms with Gasteiger partial charge in [0.15, 0.2) is 0 Å². The number of anilines is 1. The number of hydrogen-bond acceptors (Lipinski definition) is 6. The molecule has 28 heavy (non-hydrogen) atoms. The van der Waals surface area contributed by atoms with E-state index in [0.29, 0.717) is 17.2 Å². The third-order valence-electron chi connectivity index (χ3n) is 4.63. The van der Waals surface area contributed by atoms with Gasteiger partial charge in [-0.15, -0.1) is 0 Å². The molecule has 2 heterocycles.